The molecule has 2 aromatic rings. The summed E-state index contributed by atoms with van der Waals surface area (Å²) >= 11 is 1.79. The van der Waals surface area contributed by atoms with Crippen LogP contribution >= 0.6 is 11.3 Å². The van der Waals surface area contributed by atoms with Gasteiger partial charge in [0.25, 0.3) is 0 Å². The number of rotatable bonds is 5. The van der Waals surface area contributed by atoms with E-state index in [2.05, 4.69) is 48.4 Å². The molecule has 2 heterocycles. The second-order valence-electron chi connectivity index (χ2n) is 5.49. The van der Waals surface area contributed by atoms with E-state index in [0.29, 0.717) is 6.04 Å². The Morgan fingerprint density at radius 2 is 2.15 bits per heavy atom. The van der Waals surface area contributed by atoms with Gasteiger partial charge in [0.1, 0.15) is 5.82 Å². The van der Waals surface area contributed by atoms with Gasteiger partial charge in [-0.25, -0.2) is 0 Å². The van der Waals surface area contributed by atoms with Gasteiger partial charge in [-0.1, -0.05) is 6.07 Å². The molecule has 0 aromatic carbocycles. The lowest BCUT2D eigenvalue weighted by atomic mass is 10.1. The normalized spacial score (nSPS) is 14.3. The Morgan fingerprint density at radius 1 is 1.45 bits per heavy atom. The molecule has 0 radical (unpaired) electrons. The highest BCUT2D eigenvalue weighted by Gasteiger charge is 2.22. The standard InChI is InChI=1S/C15H24N4S/c1-10(16)9-13-11(2)17-19(5)15(13)18(4)12(3)14-7-6-8-20-14/h6-8,10,12H,9,16H2,1-5H3. The zero-order chi connectivity index (χ0) is 14.9. The molecule has 4 nitrogen and oxygen atoms in total. The van der Waals surface area contributed by atoms with Crippen molar-refractivity contribution in [3.8, 4) is 0 Å². The predicted molar refractivity (Wildman–Crippen MR) is 86.4 cm³/mol. The van der Waals surface area contributed by atoms with E-state index in [1.54, 1.807) is 11.3 Å². The molecule has 0 aliphatic heterocycles. The highest BCUT2D eigenvalue weighted by Crippen LogP contribution is 2.31. The molecule has 0 aliphatic carbocycles. The molecule has 0 saturated carbocycles. The van der Waals surface area contributed by atoms with E-state index in [1.165, 1.54) is 16.3 Å². The molecule has 2 aromatic heterocycles. The van der Waals surface area contributed by atoms with Gasteiger partial charge in [0.15, 0.2) is 0 Å². The van der Waals surface area contributed by atoms with Crippen LogP contribution < -0.4 is 10.6 Å². The fourth-order valence-corrected chi connectivity index (χ4v) is 3.42. The van der Waals surface area contributed by atoms with Crippen molar-refractivity contribution in [2.75, 3.05) is 11.9 Å². The van der Waals surface area contributed by atoms with Crippen molar-refractivity contribution in [3.05, 3.63) is 33.6 Å². The molecular weight excluding hydrogens is 268 g/mol. The Hall–Kier alpha value is -1.33. The third-order valence-corrected chi connectivity index (χ3v) is 4.75. The van der Waals surface area contributed by atoms with Crippen molar-refractivity contribution in [2.24, 2.45) is 12.8 Å². The van der Waals surface area contributed by atoms with Crippen LogP contribution in [0.5, 0.6) is 0 Å². The summed E-state index contributed by atoms with van der Waals surface area (Å²) in [5.74, 6) is 1.17. The van der Waals surface area contributed by atoms with Gasteiger partial charge in [-0.15, -0.1) is 11.3 Å². The maximum absolute atomic E-state index is 5.99. The fourth-order valence-electron chi connectivity index (χ4n) is 2.60. The van der Waals surface area contributed by atoms with Crippen LogP contribution in [0.1, 0.15) is 36.0 Å². The second kappa shape index (κ2) is 5.97. The minimum Gasteiger partial charge on any atom is -0.352 e. The average molecular weight is 292 g/mol. The van der Waals surface area contributed by atoms with Gasteiger partial charge < -0.3 is 10.6 Å². The lowest BCUT2D eigenvalue weighted by Gasteiger charge is -2.27. The van der Waals surface area contributed by atoms with E-state index in [4.69, 9.17) is 5.73 Å². The van der Waals surface area contributed by atoms with Gasteiger partial charge >= 0.3 is 0 Å². The molecule has 2 atom stereocenters. The number of thiophene rings is 1. The lowest BCUT2D eigenvalue weighted by molar-refractivity contribution is 0.672. The number of hydrogen-bond acceptors (Lipinski definition) is 4. The average Bonchev–Trinajstić information content (AvgIpc) is 2.97. The van der Waals surface area contributed by atoms with Crippen LogP contribution in [0.3, 0.4) is 0 Å². The zero-order valence-electron chi connectivity index (χ0n) is 12.9. The Labute approximate surface area is 125 Å². The minimum absolute atomic E-state index is 0.141. The molecule has 0 fully saturated rings. The van der Waals surface area contributed by atoms with E-state index in [9.17, 15) is 0 Å². The van der Waals surface area contributed by atoms with Crippen LogP contribution in [0.4, 0.5) is 5.82 Å². The number of nitrogens with two attached hydrogens (primary N) is 1. The predicted octanol–water partition coefficient (Wildman–Crippen LogP) is 2.88. The van der Waals surface area contributed by atoms with Crippen molar-refractivity contribution >= 4 is 17.2 Å². The maximum Gasteiger partial charge on any atom is 0.130 e. The van der Waals surface area contributed by atoms with Crippen LogP contribution in [0.15, 0.2) is 17.5 Å². The van der Waals surface area contributed by atoms with Gasteiger partial charge in [-0.2, -0.15) is 5.10 Å². The highest BCUT2D eigenvalue weighted by molar-refractivity contribution is 7.10. The van der Waals surface area contributed by atoms with Crippen molar-refractivity contribution in [3.63, 3.8) is 0 Å². The molecule has 0 bridgehead atoms. The Kier molecular flexibility index (Phi) is 4.50. The summed E-state index contributed by atoms with van der Waals surface area (Å²) in [4.78, 5) is 3.65. The van der Waals surface area contributed by atoms with Crippen LogP contribution in [-0.2, 0) is 13.5 Å². The summed E-state index contributed by atoms with van der Waals surface area (Å²) in [7, 11) is 4.14. The molecule has 20 heavy (non-hydrogen) atoms. The molecule has 2 unspecified atom stereocenters. The first kappa shape index (κ1) is 15.1. The van der Waals surface area contributed by atoms with E-state index < -0.39 is 0 Å². The third kappa shape index (κ3) is 2.88. The summed E-state index contributed by atoms with van der Waals surface area (Å²) in [5, 5.41) is 6.69. The molecule has 0 amide bonds. The van der Waals surface area contributed by atoms with Crippen LogP contribution in [0.2, 0.25) is 0 Å². The smallest absolute Gasteiger partial charge is 0.130 e. The quantitative estimate of drug-likeness (QED) is 0.922. The van der Waals surface area contributed by atoms with Crippen molar-refractivity contribution in [1.82, 2.24) is 9.78 Å². The van der Waals surface area contributed by atoms with E-state index in [1.807, 2.05) is 18.7 Å². The van der Waals surface area contributed by atoms with Gasteiger partial charge in [-0.05, 0) is 38.6 Å². The summed E-state index contributed by atoms with van der Waals surface area (Å²) in [6.07, 6.45) is 0.858. The minimum atomic E-state index is 0.141. The molecule has 0 saturated heterocycles. The Morgan fingerprint density at radius 3 is 2.70 bits per heavy atom. The molecule has 0 spiro atoms. The zero-order valence-corrected chi connectivity index (χ0v) is 13.7. The first-order chi connectivity index (χ1) is 9.41. The lowest BCUT2D eigenvalue weighted by Crippen LogP contribution is -2.26. The topological polar surface area (TPSA) is 47.1 Å². The van der Waals surface area contributed by atoms with E-state index in [0.717, 1.165) is 12.1 Å². The fraction of sp³-hybridized carbons (Fsp3) is 0.533. The molecule has 5 heteroatoms. The number of nitrogens with zero attached hydrogens (tertiary/aromatic N) is 3. The molecule has 2 rings (SSSR count). The first-order valence-electron chi connectivity index (χ1n) is 6.96. The summed E-state index contributed by atoms with van der Waals surface area (Å²) < 4.78 is 1.97. The van der Waals surface area contributed by atoms with Gasteiger partial charge in [0, 0.05) is 30.6 Å². The van der Waals surface area contributed by atoms with Gasteiger partial charge in [0.2, 0.25) is 0 Å². The van der Waals surface area contributed by atoms with Gasteiger partial charge in [-0.3, -0.25) is 4.68 Å². The maximum atomic E-state index is 5.99. The van der Waals surface area contributed by atoms with Crippen LogP contribution in [0.25, 0.3) is 0 Å². The number of aryl methyl sites for hydroxylation is 2. The van der Waals surface area contributed by atoms with Crippen molar-refractivity contribution < 1.29 is 0 Å². The summed E-state index contributed by atoms with van der Waals surface area (Å²) in [6, 6.07) is 4.75. The highest BCUT2D eigenvalue weighted by atomic mass is 32.1. The third-order valence-electron chi connectivity index (χ3n) is 3.71. The van der Waals surface area contributed by atoms with Crippen LogP contribution in [-0.4, -0.2) is 22.9 Å². The van der Waals surface area contributed by atoms with E-state index in [-0.39, 0.29) is 6.04 Å². The molecule has 110 valence electrons. The van der Waals surface area contributed by atoms with Crippen molar-refractivity contribution in [2.45, 2.75) is 39.3 Å². The first-order valence-corrected chi connectivity index (χ1v) is 7.84. The number of anilines is 1. The van der Waals surface area contributed by atoms with E-state index >= 15 is 0 Å². The summed E-state index contributed by atoms with van der Waals surface area (Å²) in [6.45, 7) is 6.33. The number of hydrogen-bond donors (Lipinski definition) is 1. The second-order valence-corrected chi connectivity index (χ2v) is 6.47. The van der Waals surface area contributed by atoms with Crippen molar-refractivity contribution in [1.29, 1.82) is 0 Å². The molecule has 0 aliphatic rings. The monoisotopic (exact) mass is 292 g/mol. The van der Waals surface area contributed by atoms with Gasteiger partial charge in [0.05, 0.1) is 11.7 Å². The molecule has 2 N–H and O–H groups in total. The number of aromatic nitrogens is 2. The molecular formula is C15H24N4S. The largest absolute Gasteiger partial charge is 0.352 e. The SMILES string of the molecule is Cc1nn(C)c(N(C)C(C)c2cccs2)c1CC(C)N. The summed E-state index contributed by atoms with van der Waals surface area (Å²) in [5.41, 5.74) is 8.32. The Balaban J connectivity index is 2.36. The Bertz CT molecular complexity index is 557. The van der Waals surface area contributed by atoms with Crippen LogP contribution in [0, 0.1) is 6.92 Å².